The van der Waals surface area contributed by atoms with Crippen molar-refractivity contribution in [1.29, 1.82) is 0 Å². The molecule has 0 atom stereocenters. The SMILES string of the molecule is CCc1nc[nH]c(=O)c1CCCO. The molecule has 1 heterocycles. The third-order valence-electron chi connectivity index (χ3n) is 1.96. The van der Waals surface area contributed by atoms with Gasteiger partial charge in [-0.25, -0.2) is 4.98 Å². The molecule has 72 valence electrons. The van der Waals surface area contributed by atoms with Crippen LogP contribution >= 0.6 is 0 Å². The van der Waals surface area contributed by atoms with Gasteiger partial charge in [-0.2, -0.15) is 0 Å². The number of hydrogen-bond donors (Lipinski definition) is 2. The predicted octanol–water partition coefficient (Wildman–Crippen LogP) is 0.257. The van der Waals surface area contributed by atoms with Crippen LogP contribution in [-0.2, 0) is 12.8 Å². The van der Waals surface area contributed by atoms with E-state index in [1.165, 1.54) is 6.33 Å². The Morgan fingerprint density at radius 2 is 2.38 bits per heavy atom. The zero-order valence-corrected chi connectivity index (χ0v) is 7.71. The number of H-pyrrole nitrogens is 1. The van der Waals surface area contributed by atoms with Gasteiger partial charge in [-0.15, -0.1) is 0 Å². The minimum atomic E-state index is -0.0831. The zero-order valence-electron chi connectivity index (χ0n) is 7.71. The van der Waals surface area contributed by atoms with Gasteiger partial charge in [0.2, 0.25) is 0 Å². The summed E-state index contributed by atoms with van der Waals surface area (Å²) in [5.74, 6) is 0. The standard InChI is InChI=1S/C9H14N2O2/c1-2-8-7(4-3-5-12)9(13)11-6-10-8/h6,12H,2-5H2,1H3,(H,10,11,13). The molecule has 0 aliphatic heterocycles. The maximum absolute atomic E-state index is 11.3. The number of aromatic amines is 1. The van der Waals surface area contributed by atoms with E-state index in [-0.39, 0.29) is 12.2 Å². The van der Waals surface area contributed by atoms with Gasteiger partial charge in [0.1, 0.15) is 0 Å². The van der Waals surface area contributed by atoms with Crippen LogP contribution in [0.4, 0.5) is 0 Å². The molecule has 0 aromatic carbocycles. The van der Waals surface area contributed by atoms with E-state index in [0.717, 1.165) is 12.1 Å². The molecule has 2 N–H and O–H groups in total. The normalized spacial score (nSPS) is 10.3. The third-order valence-corrected chi connectivity index (χ3v) is 1.96. The predicted molar refractivity (Wildman–Crippen MR) is 49.6 cm³/mol. The van der Waals surface area contributed by atoms with Gasteiger partial charge >= 0.3 is 0 Å². The number of hydrogen-bond acceptors (Lipinski definition) is 3. The molecule has 1 rings (SSSR count). The molecule has 4 nitrogen and oxygen atoms in total. The van der Waals surface area contributed by atoms with Gasteiger partial charge in [-0.3, -0.25) is 4.79 Å². The second-order valence-electron chi connectivity index (χ2n) is 2.84. The molecular weight excluding hydrogens is 168 g/mol. The Balaban J connectivity index is 2.94. The molecule has 0 aliphatic rings. The van der Waals surface area contributed by atoms with E-state index in [0.29, 0.717) is 18.4 Å². The Kier molecular flexibility index (Phi) is 3.64. The lowest BCUT2D eigenvalue weighted by atomic mass is 10.1. The third kappa shape index (κ3) is 2.39. The summed E-state index contributed by atoms with van der Waals surface area (Å²) in [5, 5.41) is 8.65. The fourth-order valence-corrected chi connectivity index (χ4v) is 1.28. The number of nitrogens with zero attached hydrogens (tertiary/aromatic N) is 1. The first kappa shape index (κ1) is 9.92. The molecule has 0 aliphatic carbocycles. The first-order valence-corrected chi connectivity index (χ1v) is 4.46. The molecule has 13 heavy (non-hydrogen) atoms. The average Bonchev–Trinajstić information content (AvgIpc) is 2.15. The Morgan fingerprint density at radius 3 is 3.00 bits per heavy atom. The molecule has 0 unspecified atom stereocenters. The molecule has 0 saturated heterocycles. The first-order chi connectivity index (χ1) is 6.29. The van der Waals surface area contributed by atoms with E-state index >= 15 is 0 Å². The summed E-state index contributed by atoms with van der Waals surface area (Å²) in [6.07, 6.45) is 3.39. The second-order valence-corrected chi connectivity index (χ2v) is 2.84. The highest BCUT2D eigenvalue weighted by atomic mass is 16.2. The molecule has 0 spiro atoms. The topological polar surface area (TPSA) is 66.0 Å². The van der Waals surface area contributed by atoms with Crippen LogP contribution in [0.15, 0.2) is 11.1 Å². The van der Waals surface area contributed by atoms with Crippen molar-refractivity contribution < 1.29 is 5.11 Å². The quantitative estimate of drug-likeness (QED) is 0.701. The summed E-state index contributed by atoms with van der Waals surface area (Å²) in [6.45, 7) is 2.07. The lowest BCUT2D eigenvalue weighted by Crippen LogP contribution is -2.16. The van der Waals surface area contributed by atoms with Gasteiger partial charge in [0.15, 0.2) is 0 Å². The lowest BCUT2D eigenvalue weighted by Gasteiger charge is -2.03. The van der Waals surface area contributed by atoms with E-state index in [2.05, 4.69) is 9.97 Å². The molecule has 0 bridgehead atoms. The fourth-order valence-electron chi connectivity index (χ4n) is 1.28. The van der Waals surface area contributed by atoms with E-state index in [1.807, 2.05) is 6.92 Å². The van der Waals surface area contributed by atoms with Crippen molar-refractivity contribution in [1.82, 2.24) is 9.97 Å². The number of aryl methyl sites for hydroxylation is 1. The highest BCUT2D eigenvalue weighted by Gasteiger charge is 2.05. The first-order valence-electron chi connectivity index (χ1n) is 4.46. The smallest absolute Gasteiger partial charge is 0.254 e. The highest BCUT2D eigenvalue weighted by Crippen LogP contribution is 2.02. The van der Waals surface area contributed by atoms with Crippen molar-refractivity contribution >= 4 is 0 Å². The number of aliphatic hydroxyl groups excluding tert-OH is 1. The van der Waals surface area contributed by atoms with Crippen LogP contribution in [-0.4, -0.2) is 21.7 Å². The van der Waals surface area contributed by atoms with E-state index in [1.54, 1.807) is 0 Å². The van der Waals surface area contributed by atoms with Gasteiger partial charge in [0, 0.05) is 12.2 Å². The number of nitrogens with one attached hydrogen (secondary N) is 1. The molecule has 0 saturated carbocycles. The Labute approximate surface area is 76.7 Å². The molecule has 4 heteroatoms. The summed E-state index contributed by atoms with van der Waals surface area (Å²) in [5.41, 5.74) is 1.46. The Hall–Kier alpha value is -1.16. The van der Waals surface area contributed by atoms with Crippen molar-refractivity contribution in [2.24, 2.45) is 0 Å². The van der Waals surface area contributed by atoms with E-state index in [4.69, 9.17) is 5.11 Å². The van der Waals surface area contributed by atoms with Crippen LogP contribution < -0.4 is 5.56 Å². The average molecular weight is 182 g/mol. The van der Waals surface area contributed by atoms with E-state index < -0.39 is 0 Å². The maximum atomic E-state index is 11.3. The van der Waals surface area contributed by atoms with Gasteiger partial charge in [0.25, 0.3) is 5.56 Å². The number of aromatic nitrogens is 2. The molecule has 0 radical (unpaired) electrons. The molecular formula is C9H14N2O2. The number of aliphatic hydroxyl groups is 1. The molecule has 1 aromatic rings. The van der Waals surface area contributed by atoms with Gasteiger partial charge in [-0.1, -0.05) is 6.92 Å². The van der Waals surface area contributed by atoms with Crippen molar-refractivity contribution in [3.8, 4) is 0 Å². The van der Waals surface area contributed by atoms with Crippen LogP contribution in [0.3, 0.4) is 0 Å². The molecule has 0 fully saturated rings. The van der Waals surface area contributed by atoms with Crippen molar-refractivity contribution in [2.75, 3.05) is 6.61 Å². The van der Waals surface area contributed by atoms with Crippen molar-refractivity contribution in [2.45, 2.75) is 26.2 Å². The summed E-state index contributed by atoms with van der Waals surface area (Å²) < 4.78 is 0. The molecule has 0 amide bonds. The molecule has 1 aromatic heterocycles. The summed E-state index contributed by atoms with van der Waals surface area (Å²) in [6, 6.07) is 0. The van der Waals surface area contributed by atoms with Gasteiger partial charge in [-0.05, 0) is 19.3 Å². The lowest BCUT2D eigenvalue weighted by molar-refractivity contribution is 0.288. The van der Waals surface area contributed by atoms with Crippen molar-refractivity contribution in [3.63, 3.8) is 0 Å². The monoisotopic (exact) mass is 182 g/mol. The minimum absolute atomic E-state index is 0.0831. The summed E-state index contributed by atoms with van der Waals surface area (Å²) in [7, 11) is 0. The minimum Gasteiger partial charge on any atom is -0.396 e. The van der Waals surface area contributed by atoms with Crippen LogP contribution in [0, 0.1) is 0 Å². The van der Waals surface area contributed by atoms with Crippen LogP contribution in [0.1, 0.15) is 24.6 Å². The zero-order chi connectivity index (χ0) is 9.68. The maximum Gasteiger partial charge on any atom is 0.254 e. The summed E-state index contributed by atoms with van der Waals surface area (Å²) in [4.78, 5) is 17.9. The van der Waals surface area contributed by atoms with Gasteiger partial charge < -0.3 is 10.1 Å². The fraction of sp³-hybridized carbons (Fsp3) is 0.556. The Bertz CT molecular complexity index is 320. The van der Waals surface area contributed by atoms with Crippen LogP contribution in [0.5, 0.6) is 0 Å². The van der Waals surface area contributed by atoms with Gasteiger partial charge in [0.05, 0.1) is 12.0 Å². The van der Waals surface area contributed by atoms with Crippen LogP contribution in [0.25, 0.3) is 0 Å². The Morgan fingerprint density at radius 1 is 1.62 bits per heavy atom. The van der Waals surface area contributed by atoms with Crippen molar-refractivity contribution in [3.05, 3.63) is 27.9 Å². The van der Waals surface area contributed by atoms with E-state index in [9.17, 15) is 4.79 Å². The number of rotatable bonds is 4. The largest absolute Gasteiger partial charge is 0.396 e. The summed E-state index contributed by atoms with van der Waals surface area (Å²) >= 11 is 0. The van der Waals surface area contributed by atoms with Crippen LogP contribution in [0.2, 0.25) is 0 Å². The highest BCUT2D eigenvalue weighted by molar-refractivity contribution is 5.16. The second kappa shape index (κ2) is 4.77.